The van der Waals surface area contributed by atoms with Crippen LogP contribution in [0.1, 0.15) is 128 Å². The quantitative estimate of drug-likeness (QED) is 0.0611. The summed E-state index contributed by atoms with van der Waals surface area (Å²) in [7, 11) is 0. The SMILES string of the molecule is C#C[C@H](O)/C=C/CCCCCCCC#C/C=C\CCCCCCCCCCCCCC(C#CC#CCO)/C=C/[C@@H](O)C#C. The van der Waals surface area contributed by atoms with E-state index in [1.807, 2.05) is 18.2 Å². The third-order valence-electron chi connectivity index (χ3n) is 7.03. The normalized spacial score (nSPS) is 12.9. The van der Waals surface area contributed by atoms with Gasteiger partial charge in [0.25, 0.3) is 0 Å². The lowest BCUT2D eigenvalue weighted by molar-refractivity contribution is 0.280. The summed E-state index contributed by atoms with van der Waals surface area (Å²) in [5.41, 5.74) is 0. The molecule has 0 bridgehead atoms. The average Bonchev–Trinajstić information content (AvgIpc) is 3.02. The highest BCUT2D eigenvalue weighted by Crippen LogP contribution is 2.15. The van der Waals surface area contributed by atoms with Crippen molar-refractivity contribution in [1.29, 1.82) is 0 Å². The third kappa shape index (κ3) is 31.7. The van der Waals surface area contributed by atoms with E-state index in [4.69, 9.17) is 18.0 Å². The molecule has 234 valence electrons. The van der Waals surface area contributed by atoms with Crippen LogP contribution in [0.5, 0.6) is 0 Å². The first kappa shape index (κ1) is 39.9. The van der Waals surface area contributed by atoms with Gasteiger partial charge in [-0.1, -0.05) is 137 Å². The molecule has 1 unspecified atom stereocenters. The van der Waals surface area contributed by atoms with E-state index in [2.05, 4.69) is 53.4 Å². The molecule has 0 saturated carbocycles. The molecule has 43 heavy (non-hydrogen) atoms. The first-order valence-electron chi connectivity index (χ1n) is 16.5. The van der Waals surface area contributed by atoms with Crippen LogP contribution in [-0.2, 0) is 0 Å². The number of hydrogen-bond acceptors (Lipinski definition) is 3. The Hall–Kier alpha value is -3.10. The van der Waals surface area contributed by atoms with Crippen molar-refractivity contribution in [2.24, 2.45) is 5.92 Å². The van der Waals surface area contributed by atoms with Crippen LogP contribution in [0.25, 0.3) is 0 Å². The fourth-order valence-corrected chi connectivity index (χ4v) is 4.50. The van der Waals surface area contributed by atoms with Gasteiger partial charge in [-0.3, -0.25) is 0 Å². The maximum Gasteiger partial charge on any atom is 0.133 e. The number of terminal acetylenes is 2. The fraction of sp³-hybridized carbons (Fsp3) is 0.600. The van der Waals surface area contributed by atoms with Crippen LogP contribution in [0, 0.1) is 66.1 Å². The molecular weight excluding hydrogens is 528 g/mol. The Morgan fingerprint density at radius 3 is 1.70 bits per heavy atom. The summed E-state index contributed by atoms with van der Waals surface area (Å²) in [6, 6.07) is 0. The van der Waals surface area contributed by atoms with Crippen LogP contribution in [0.2, 0.25) is 0 Å². The fourth-order valence-electron chi connectivity index (χ4n) is 4.50. The van der Waals surface area contributed by atoms with E-state index in [9.17, 15) is 10.2 Å². The average molecular weight is 585 g/mol. The number of rotatable bonds is 24. The predicted molar refractivity (Wildman–Crippen MR) is 183 cm³/mol. The van der Waals surface area contributed by atoms with E-state index in [0.29, 0.717) is 0 Å². The van der Waals surface area contributed by atoms with Crippen LogP contribution in [0.4, 0.5) is 0 Å². The second-order valence-electron chi connectivity index (χ2n) is 10.9. The van der Waals surface area contributed by atoms with Gasteiger partial charge in [-0.15, -0.1) is 12.8 Å². The second-order valence-corrected chi connectivity index (χ2v) is 10.9. The number of aliphatic hydroxyl groups is 3. The molecule has 0 heterocycles. The van der Waals surface area contributed by atoms with Crippen molar-refractivity contribution >= 4 is 0 Å². The first-order chi connectivity index (χ1) is 21.1. The van der Waals surface area contributed by atoms with Gasteiger partial charge >= 0.3 is 0 Å². The molecule has 3 heteroatoms. The molecule has 0 fully saturated rings. The minimum absolute atomic E-state index is 0.0210. The predicted octanol–water partition coefficient (Wildman–Crippen LogP) is 8.06. The van der Waals surface area contributed by atoms with Crippen LogP contribution in [0.15, 0.2) is 36.5 Å². The molecule has 0 saturated heterocycles. The molecule has 0 aromatic rings. The zero-order valence-corrected chi connectivity index (χ0v) is 26.5. The standard InChI is InChI=1S/C40H56O3/c1-3-39(42)34-30-26-24-22-20-18-16-14-12-10-8-6-5-7-9-11-13-15-17-19-21-23-25-28-32-38(33-29-27-31-37-41)35-36-40(43)4-2/h1-2,6,8,30,34-36,38-43H,5,7,9,11,13-26,28,32,37H2/b8-6-,34-30+,36-35+/t38?,39-,40-/m0/s1. The molecule has 0 spiro atoms. The molecule has 0 amide bonds. The van der Waals surface area contributed by atoms with Gasteiger partial charge in [-0.2, -0.15) is 0 Å². The smallest absolute Gasteiger partial charge is 0.133 e. The van der Waals surface area contributed by atoms with Gasteiger partial charge in [0.05, 0.1) is 0 Å². The topological polar surface area (TPSA) is 60.7 Å². The first-order valence-corrected chi connectivity index (χ1v) is 16.5. The van der Waals surface area contributed by atoms with Gasteiger partial charge in [-0.05, 0) is 68.6 Å². The zero-order chi connectivity index (χ0) is 31.5. The van der Waals surface area contributed by atoms with Gasteiger partial charge in [0.2, 0.25) is 0 Å². The highest BCUT2D eigenvalue weighted by Gasteiger charge is 2.02. The molecular formula is C40H56O3. The zero-order valence-electron chi connectivity index (χ0n) is 26.5. The van der Waals surface area contributed by atoms with E-state index >= 15 is 0 Å². The van der Waals surface area contributed by atoms with E-state index in [1.165, 1.54) is 89.9 Å². The lowest BCUT2D eigenvalue weighted by Gasteiger charge is -2.06. The molecule has 0 aliphatic heterocycles. The Morgan fingerprint density at radius 1 is 0.558 bits per heavy atom. The van der Waals surface area contributed by atoms with Crippen molar-refractivity contribution in [1.82, 2.24) is 0 Å². The van der Waals surface area contributed by atoms with Gasteiger partial charge in [0.1, 0.15) is 18.8 Å². The van der Waals surface area contributed by atoms with Crippen molar-refractivity contribution in [3.63, 3.8) is 0 Å². The monoisotopic (exact) mass is 584 g/mol. The summed E-state index contributed by atoms with van der Waals surface area (Å²) < 4.78 is 0. The summed E-state index contributed by atoms with van der Waals surface area (Å²) in [5, 5.41) is 27.5. The Balaban J connectivity index is 3.59. The van der Waals surface area contributed by atoms with Crippen molar-refractivity contribution in [2.75, 3.05) is 6.61 Å². The minimum atomic E-state index is -0.880. The molecule has 0 aromatic heterocycles. The molecule has 0 aromatic carbocycles. The molecule has 0 aliphatic carbocycles. The van der Waals surface area contributed by atoms with Gasteiger partial charge < -0.3 is 15.3 Å². The third-order valence-corrected chi connectivity index (χ3v) is 7.03. The van der Waals surface area contributed by atoms with E-state index < -0.39 is 12.2 Å². The van der Waals surface area contributed by atoms with E-state index in [0.717, 1.165) is 38.5 Å². The number of unbranched alkanes of at least 4 members (excludes halogenated alkanes) is 17. The molecule has 3 nitrogen and oxygen atoms in total. The van der Waals surface area contributed by atoms with Crippen LogP contribution < -0.4 is 0 Å². The lowest BCUT2D eigenvalue weighted by atomic mass is 9.99. The second kappa shape index (κ2) is 33.4. The van der Waals surface area contributed by atoms with Gasteiger partial charge in [-0.25, -0.2) is 0 Å². The number of allylic oxidation sites excluding steroid dienone is 4. The van der Waals surface area contributed by atoms with E-state index in [-0.39, 0.29) is 12.5 Å². The Labute approximate surface area is 264 Å². The van der Waals surface area contributed by atoms with Crippen LogP contribution in [-0.4, -0.2) is 34.1 Å². The number of hydrogen-bond donors (Lipinski definition) is 3. The summed E-state index contributed by atoms with van der Waals surface area (Å²) in [6.45, 7) is -0.190. The largest absolute Gasteiger partial charge is 0.384 e. The summed E-state index contributed by atoms with van der Waals surface area (Å²) in [6.07, 6.45) is 44.1. The highest BCUT2D eigenvalue weighted by molar-refractivity contribution is 5.28. The molecule has 3 N–H and O–H groups in total. The van der Waals surface area contributed by atoms with Crippen molar-refractivity contribution in [2.45, 2.75) is 141 Å². The van der Waals surface area contributed by atoms with Crippen molar-refractivity contribution in [3.8, 4) is 60.2 Å². The molecule has 0 radical (unpaired) electrons. The maximum atomic E-state index is 9.55. The highest BCUT2D eigenvalue weighted by atomic mass is 16.3. The lowest BCUT2D eigenvalue weighted by Crippen LogP contribution is -1.99. The summed E-state index contributed by atoms with van der Waals surface area (Å²) in [4.78, 5) is 0. The van der Waals surface area contributed by atoms with Crippen molar-refractivity contribution in [3.05, 3.63) is 36.5 Å². The van der Waals surface area contributed by atoms with Crippen LogP contribution in [0.3, 0.4) is 0 Å². The van der Waals surface area contributed by atoms with Gasteiger partial charge in [0, 0.05) is 12.3 Å². The Morgan fingerprint density at radius 2 is 1.09 bits per heavy atom. The maximum absolute atomic E-state index is 9.55. The van der Waals surface area contributed by atoms with Crippen molar-refractivity contribution < 1.29 is 15.3 Å². The minimum Gasteiger partial charge on any atom is -0.384 e. The molecule has 3 atom stereocenters. The Bertz CT molecular complexity index is 1020. The van der Waals surface area contributed by atoms with Gasteiger partial charge in [0.15, 0.2) is 0 Å². The summed E-state index contributed by atoms with van der Waals surface area (Å²) in [5.74, 6) is 22.0. The van der Waals surface area contributed by atoms with Crippen LogP contribution >= 0.6 is 0 Å². The molecule has 0 aliphatic rings. The summed E-state index contributed by atoms with van der Waals surface area (Å²) >= 11 is 0. The Kier molecular flexibility index (Phi) is 31.0. The van der Waals surface area contributed by atoms with E-state index in [1.54, 1.807) is 12.2 Å². The molecule has 0 rings (SSSR count). The number of aliphatic hydroxyl groups excluding tert-OH is 3.